The van der Waals surface area contributed by atoms with E-state index in [1.165, 1.54) is 63.0 Å². The van der Waals surface area contributed by atoms with Crippen LogP contribution < -0.4 is 0 Å². The van der Waals surface area contributed by atoms with E-state index in [0.29, 0.717) is 12.1 Å². The SMILES string of the molecule is c1ccc(CN2CCCC[C@@H]2[C@H]2CCCCN2Cc2ccccn2)nc1. The maximum atomic E-state index is 4.57. The van der Waals surface area contributed by atoms with Crippen LogP contribution in [0.5, 0.6) is 0 Å². The lowest BCUT2D eigenvalue weighted by atomic mass is 9.88. The fraction of sp³-hybridized carbons (Fsp3) is 0.545. The van der Waals surface area contributed by atoms with Gasteiger partial charge in [-0.05, 0) is 63.0 Å². The molecule has 0 N–H and O–H groups in total. The van der Waals surface area contributed by atoms with Gasteiger partial charge >= 0.3 is 0 Å². The van der Waals surface area contributed by atoms with E-state index in [4.69, 9.17) is 0 Å². The molecule has 0 saturated carbocycles. The lowest BCUT2D eigenvalue weighted by Gasteiger charge is -2.46. The first kappa shape index (κ1) is 17.6. The molecular formula is C22H30N4. The number of piperidine rings is 2. The largest absolute Gasteiger partial charge is 0.293 e. The maximum Gasteiger partial charge on any atom is 0.0544 e. The minimum absolute atomic E-state index is 0.648. The van der Waals surface area contributed by atoms with Crippen LogP contribution in [-0.2, 0) is 13.1 Å². The summed E-state index contributed by atoms with van der Waals surface area (Å²) in [6.07, 6.45) is 11.8. The van der Waals surface area contributed by atoms with Crippen molar-refractivity contribution in [3.63, 3.8) is 0 Å². The minimum atomic E-state index is 0.648. The van der Waals surface area contributed by atoms with Gasteiger partial charge in [-0.25, -0.2) is 0 Å². The van der Waals surface area contributed by atoms with Crippen molar-refractivity contribution in [2.75, 3.05) is 13.1 Å². The Morgan fingerprint density at radius 3 is 1.62 bits per heavy atom. The zero-order valence-electron chi connectivity index (χ0n) is 15.6. The normalized spacial score (nSPS) is 25.2. The second-order valence-electron chi connectivity index (χ2n) is 7.71. The Morgan fingerprint density at radius 1 is 0.692 bits per heavy atom. The standard InChI is InChI=1S/C22H30N4/c1-5-13-23-19(9-1)17-25-15-7-3-11-21(25)22-12-4-8-16-26(22)18-20-10-2-6-14-24-20/h1-2,5-6,9-10,13-14,21-22H,3-4,7-8,11-12,15-18H2/t21-,22-/m1/s1. The number of aromatic nitrogens is 2. The molecule has 2 aromatic heterocycles. The Hall–Kier alpha value is -1.78. The van der Waals surface area contributed by atoms with E-state index < -0.39 is 0 Å². The highest BCUT2D eigenvalue weighted by Gasteiger charge is 2.35. The van der Waals surface area contributed by atoms with Crippen LogP contribution >= 0.6 is 0 Å². The molecule has 2 fully saturated rings. The van der Waals surface area contributed by atoms with Crippen molar-refractivity contribution in [1.82, 2.24) is 19.8 Å². The zero-order valence-corrected chi connectivity index (χ0v) is 15.6. The van der Waals surface area contributed by atoms with Gasteiger partial charge in [0.05, 0.1) is 11.4 Å². The number of rotatable bonds is 5. The van der Waals surface area contributed by atoms with Crippen LogP contribution in [0, 0.1) is 0 Å². The molecule has 2 aromatic rings. The van der Waals surface area contributed by atoms with Gasteiger partial charge in [-0.15, -0.1) is 0 Å². The average Bonchev–Trinajstić information content (AvgIpc) is 2.71. The zero-order chi connectivity index (χ0) is 17.6. The number of pyridine rings is 2. The van der Waals surface area contributed by atoms with Crippen molar-refractivity contribution in [3.8, 4) is 0 Å². The summed E-state index contributed by atoms with van der Waals surface area (Å²) in [5.41, 5.74) is 2.40. The third kappa shape index (κ3) is 4.30. The number of likely N-dealkylation sites (tertiary alicyclic amines) is 2. The molecule has 0 bridgehead atoms. The van der Waals surface area contributed by atoms with Crippen molar-refractivity contribution in [2.24, 2.45) is 0 Å². The predicted molar refractivity (Wildman–Crippen MR) is 105 cm³/mol. The molecule has 0 radical (unpaired) electrons. The van der Waals surface area contributed by atoms with Gasteiger partial charge in [0.25, 0.3) is 0 Å². The van der Waals surface area contributed by atoms with Crippen LogP contribution in [0.3, 0.4) is 0 Å². The van der Waals surface area contributed by atoms with Gasteiger partial charge in [0.2, 0.25) is 0 Å². The summed E-state index contributed by atoms with van der Waals surface area (Å²) in [6, 6.07) is 13.9. The first-order valence-corrected chi connectivity index (χ1v) is 10.2. The second kappa shape index (κ2) is 8.74. The lowest BCUT2D eigenvalue weighted by molar-refractivity contribution is 0.0212. The average molecular weight is 351 g/mol. The number of hydrogen-bond acceptors (Lipinski definition) is 4. The Kier molecular flexibility index (Phi) is 5.92. The van der Waals surface area contributed by atoms with Gasteiger partial charge in [0.15, 0.2) is 0 Å². The van der Waals surface area contributed by atoms with Crippen LogP contribution in [0.25, 0.3) is 0 Å². The molecule has 0 spiro atoms. The van der Waals surface area contributed by atoms with Gasteiger partial charge in [-0.3, -0.25) is 19.8 Å². The predicted octanol–water partition coefficient (Wildman–Crippen LogP) is 3.89. The fourth-order valence-corrected chi connectivity index (χ4v) is 4.70. The smallest absolute Gasteiger partial charge is 0.0544 e. The summed E-state index contributed by atoms with van der Waals surface area (Å²) < 4.78 is 0. The molecule has 4 rings (SSSR count). The molecule has 26 heavy (non-hydrogen) atoms. The Morgan fingerprint density at radius 2 is 1.19 bits per heavy atom. The molecule has 2 atom stereocenters. The third-order valence-electron chi connectivity index (χ3n) is 5.96. The molecular weight excluding hydrogens is 320 g/mol. The second-order valence-corrected chi connectivity index (χ2v) is 7.71. The topological polar surface area (TPSA) is 32.3 Å². The lowest BCUT2D eigenvalue weighted by Crippen LogP contribution is -2.54. The summed E-state index contributed by atoms with van der Waals surface area (Å²) in [5, 5.41) is 0. The number of hydrogen-bond donors (Lipinski definition) is 0. The van der Waals surface area contributed by atoms with Gasteiger partial charge in [-0.2, -0.15) is 0 Å². The first-order chi connectivity index (χ1) is 12.9. The molecule has 4 heteroatoms. The Bertz CT molecular complexity index is 601. The molecule has 138 valence electrons. The summed E-state index contributed by atoms with van der Waals surface area (Å²) in [7, 11) is 0. The molecule has 4 nitrogen and oxygen atoms in total. The highest BCUT2D eigenvalue weighted by Crippen LogP contribution is 2.30. The molecule has 4 heterocycles. The third-order valence-corrected chi connectivity index (χ3v) is 5.96. The minimum Gasteiger partial charge on any atom is -0.293 e. The van der Waals surface area contributed by atoms with Gasteiger partial charge in [0, 0.05) is 37.6 Å². The fourth-order valence-electron chi connectivity index (χ4n) is 4.70. The maximum absolute atomic E-state index is 4.57. The van der Waals surface area contributed by atoms with Crippen LogP contribution in [0.1, 0.15) is 49.9 Å². The van der Waals surface area contributed by atoms with Crippen LogP contribution in [0.4, 0.5) is 0 Å². The van der Waals surface area contributed by atoms with E-state index in [1.54, 1.807) is 0 Å². The van der Waals surface area contributed by atoms with E-state index in [9.17, 15) is 0 Å². The summed E-state index contributed by atoms with van der Waals surface area (Å²) in [5.74, 6) is 0. The van der Waals surface area contributed by atoms with Crippen molar-refractivity contribution < 1.29 is 0 Å². The van der Waals surface area contributed by atoms with Gasteiger partial charge < -0.3 is 0 Å². The van der Waals surface area contributed by atoms with E-state index >= 15 is 0 Å². The van der Waals surface area contributed by atoms with E-state index in [2.05, 4.69) is 44.0 Å². The van der Waals surface area contributed by atoms with E-state index in [0.717, 1.165) is 13.1 Å². The molecule has 0 aliphatic carbocycles. The quantitative estimate of drug-likeness (QED) is 0.819. The monoisotopic (exact) mass is 350 g/mol. The molecule has 0 unspecified atom stereocenters. The highest BCUT2D eigenvalue weighted by molar-refractivity contribution is 5.06. The van der Waals surface area contributed by atoms with Gasteiger partial charge in [0.1, 0.15) is 0 Å². The van der Waals surface area contributed by atoms with Crippen LogP contribution in [0.15, 0.2) is 48.8 Å². The molecule has 0 aromatic carbocycles. The first-order valence-electron chi connectivity index (χ1n) is 10.2. The van der Waals surface area contributed by atoms with Gasteiger partial charge in [-0.1, -0.05) is 25.0 Å². The Balaban J connectivity index is 1.49. The summed E-state index contributed by atoms with van der Waals surface area (Å²) in [6.45, 7) is 4.38. The van der Waals surface area contributed by atoms with Crippen LogP contribution in [-0.4, -0.2) is 44.9 Å². The number of nitrogens with zero attached hydrogens (tertiary/aromatic N) is 4. The van der Waals surface area contributed by atoms with Crippen molar-refractivity contribution in [3.05, 3.63) is 60.2 Å². The molecule has 2 aliphatic rings. The van der Waals surface area contributed by atoms with Crippen molar-refractivity contribution >= 4 is 0 Å². The highest BCUT2D eigenvalue weighted by atomic mass is 15.3. The molecule has 2 saturated heterocycles. The van der Waals surface area contributed by atoms with Crippen molar-refractivity contribution in [2.45, 2.75) is 63.7 Å². The summed E-state index contributed by atoms with van der Waals surface area (Å²) >= 11 is 0. The molecule has 0 amide bonds. The van der Waals surface area contributed by atoms with E-state index in [-0.39, 0.29) is 0 Å². The molecule has 2 aliphatic heterocycles. The Labute approximate surface area is 157 Å². The van der Waals surface area contributed by atoms with Crippen LogP contribution in [0.2, 0.25) is 0 Å². The van der Waals surface area contributed by atoms with Crippen molar-refractivity contribution in [1.29, 1.82) is 0 Å². The summed E-state index contributed by atoms with van der Waals surface area (Å²) in [4.78, 5) is 14.6. The van der Waals surface area contributed by atoms with E-state index in [1.807, 2.05) is 24.5 Å².